The highest BCUT2D eigenvalue weighted by Crippen LogP contribution is 2.49. The van der Waals surface area contributed by atoms with Crippen molar-refractivity contribution >= 4 is 19.6 Å². The standard InChI is InChI=1S/C17H29O8P/c1-3-22-26(21,23-4-2)24-11-7-5-6-8-12(18)15-13-9-10-14(25-13)16(15)17(19)20/h13-16H,3-11H2,1-2H3,(H,19,20). The van der Waals surface area contributed by atoms with Crippen molar-refractivity contribution in [1.29, 1.82) is 0 Å². The number of unbranched alkanes of at least 4 members (excludes halogenated alkanes) is 2. The number of aliphatic carboxylic acids is 1. The molecule has 2 rings (SSSR count). The van der Waals surface area contributed by atoms with E-state index in [1.807, 2.05) is 0 Å². The number of carbonyl (C=O) groups excluding carboxylic acids is 1. The van der Waals surface area contributed by atoms with E-state index in [4.69, 9.17) is 18.3 Å². The zero-order chi connectivity index (χ0) is 19.2. The number of carbonyl (C=O) groups is 2. The predicted molar refractivity (Wildman–Crippen MR) is 92.8 cm³/mol. The first-order valence-corrected chi connectivity index (χ1v) is 10.8. The summed E-state index contributed by atoms with van der Waals surface area (Å²) in [7, 11) is -3.48. The van der Waals surface area contributed by atoms with Crippen LogP contribution in [0.25, 0.3) is 0 Å². The summed E-state index contributed by atoms with van der Waals surface area (Å²) in [6, 6.07) is 0. The topological polar surface area (TPSA) is 108 Å². The normalized spacial score (nSPS) is 27.8. The van der Waals surface area contributed by atoms with E-state index in [9.17, 15) is 19.3 Å². The van der Waals surface area contributed by atoms with E-state index in [1.165, 1.54) is 0 Å². The fourth-order valence-corrected chi connectivity index (χ4v) is 4.96. The summed E-state index contributed by atoms with van der Waals surface area (Å²) in [5, 5.41) is 9.36. The quantitative estimate of drug-likeness (QED) is 0.376. The molecular formula is C17H29O8P. The molecule has 26 heavy (non-hydrogen) atoms. The second kappa shape index (κ2) is 9.95. The summed E-state index contributed by atoms with van der Waals surface area (Å²) in [5.41, 5.74) is 0. The molecule has 2 heterocycles. The van der Waals surface area contributed by atoms with E-state index in [2.05, 4.69) is 0 Å². The molecule has 0 spiro atoms. The third kappa shape index (κ3) is 5.36. The Hall–Kier alpha value is -0.790. The molecule has 2 aliphatic rings. The molecule has 2 fully saturated rings. The zero-order valence-electron chi connectivity index (χ0n) is 15.4. The number of rotatable bonds is 13. The molecule has 150 valence electrons. The van der Waals surface area contributed by atoms with E-state index in [-0.39, 0.29) is 37.8 Å². The number of phosphoric acid groups is 1. The van der Waals surface area contributed by atoms with Crippen LogP contribution in [0.2, 0.25) is 0 Å². The molecule has 2 bridgehead atoms. The molecule has 0 radical (unpaired) electrons. The monoisotopic (exact) mass is 392 g/mol. The third-order valence-corrected chi connectivity index (χ3v) is 6.47. The molecule has 1 N–H and O–H groups in total. The lowest BCUT2D eigenvalue weighted by molar-refractivity contribution is -0.147. The van der Waals surface area contributed by atoms with Gasteiger partial charge in [0.05, 0.1) is 43.9 Å². The molecule has 0 aromatic heterocycles. The van der Waals surface area contributed by atoms with Crippen molar-refractivity contribution in [2.45, 2.75) is 64.6 Å². The highest BCUT2D eigenvalue weighted by atomic mass is 31.2. The second-order valence-corrected chi connectivity index (χ2v) is 8.24. The van der Waals surface area contributed by atoms with Crippen molar-refractivity contribution in [2.75, 3.05) is 19.8 Å². The first-order chi connectivity index (χ1) is 12.4. The van der Waals surface area contributed by atoms with Gasteiger partial charge >= 0.3 is 13.8 Å². The van der Waals surface area contributed by atoms with Crippen LogP contribution in [-0.2, 0) is 32.5 Å². The largest absolute Gasteiger partial charge is 0.481 e. The first-order valence-electron chi connectivity index (χ1n) is 9.36. The Morgan fingerprint density at radius 2 is 1.62 bits per heavy atom. The van der Waals surface area contributed by atoms with E-state index in [1.54, 1.807) is 13.8 Å². The van der Waals surface area contributed by atoms with Gasteiger partial charge in [0.25, 0.3) is 0 Å². The number of hydrogen-bond acceptors (Lipinski definition) is 7. The average molecular weight is 392 g/mol. The van der Waals surface area contributed by atoms with Crippen LogP contribution in [0.1, 0.15) is 52.4 Å². The average Bonchev–Trinajstić information content (AvgIpc) is 3.19. The number of ether oxygens (including phenoxy) is 1. The molecule has 2 saturated heterocycles. The number of carboxylic acid groups (broad SMARTS) is 1. The van der Waals surface area contributed by atoms with Gasteiger partial charge in [0.1, 0.15) is 5.78 Å². The van der Waals surface area contributed by atoms with Gasteiger partial charge in [-0.3, -0.25) is 23.2 Å². The molecule has 4 atom stereocenters. The lowest BCUT2D eigenvalue weighted by atomic mass is 9.76. The van der Waals surface area contributed by atoms with Crippen LogP contribution in [0, 0.1) is 11.8 Å². The Kier molecular flexibility index (Phi) is 8.23. The highest BCUT2D eigenvalue weighted by Gasteiger charge is 2.54. The zero-order valence-corrected chi connectivity index (χ0v) is 16.3. The molecule has 4 unspecified atom stereocenters. The van der Waals surface area contributed by atoms with Crippen molar-refractivity contribution in [3.8, 4) is 0 Å². The van der Waals surface area contributed by atoms with Gasteiger partial charge in [-0.2, -0.15) is 0 Å². The summed E-state index contributed by atoms with van der Waals surface area (Å²) in [6.07, 6.45) is 3.24. The fraction of sp³-hybridized carbons (Fsp3) is 0.882. The number of Topliss-reactive ketones (excluding diaryl/α,β-unsaturated/α-hetero) is 1. The second-order valence-electron chi connectivity index (χ2n) is 6.57. The van der Waals surface area contributed by atoms with E-state index in [0.29, 0.717) is 25.7 Å². The van der Waals surface area contributed by atoms with Gasteiger partial charge in [0.15, 0.2) is 0 Å². The fourth-order valence-electron chi connectivity index (χ4n) is 3.75. The molecule has 0 aliphatic carbocycles. The maximum Gasteiger partial charge on any atom is 0.474 e. The minimum atomic E-state index is -3.48. The Balaban J connectivity index is 1.67. The van der Waals surface area contributed by atoms with Crippen LogP contribution in [0.15, 0.2) is 0 Å². The molecule has 0 amide bonds. The minimum Gasteiger partial charge on any atom is -0.481 e. The van der Waals surface area contributed by atoms with Gasteiger partial charge in [0.2, 0.25) is 0 Å². The van der Waals surface area contributed by atoms with E-state index < -0.39 is 25.6 Å². The maximum absolute atomic E-state index is 12.5. The van der Waals surface area contributed by atoms with Crippen LogP contribution in [0.3, 0.4) is 0 Å². The van der Waals surface area contributed by atoms with Crippen LogP contribution >= 0.6 is 7.82 Å². The van der Waals surface area contributed by atoms with Gasteiger partial charge in [-0.15, -0.1) is 0 Å². The molecule has 8 nitrogen and oxygen atoms in total. The van der Waals surface area contributed by atoms with Gasteiger partial charge in [-0.25, -0.2) is 4.57 Å². The van der Waals surface area contributed by atoms with Crippen LogP contribution in [0.5, 0.6) is 0 Å². The summed E-state index contributed by atoms with van der Waals surface area (Å²) >= 11 is 0. The first kappa shape index (κ1) is 21.5. The molecule has 0 aromatic rings. The number of hydrogen-bond donors (Lipinski definition) is 1. The van der Waals surface area contributed by atoms with Crippen molar-refractivity contribution in [1.82, 2.24) is 0 Å². The number of phosphoric ester groups is 1. The summed E-state index contributed by atoms with van der Waals surface area (Å²) in [4.78, 5) is 23.9. The minimum absolute atomic E-state index is 0.0279. The summed E-state index contributed by atoms with van der Waals surface area (Å²) in [6.45, 7) is 4.12. The Morgan fingerprint density at radius 1 is 1.00 bits per heavy atom. The van der Waals surface area contributed by atoms with Crippen molar-refractivity contribution in [3.63, 3.8) is 0 Å². The molecule has 9 heteroatoms. The Morgan fingerprint density at radius 3 is 2.19 bits per heavy atom. The van der Waals surface area contributed by atoms with Gasteiger partial charge < -0.3 is 9.84 Å². The highest BCUT2D eigenvalue weighted by molar-refractivity contribution is 7.48. The summed E-state index contributed by atoms with van der Waals surface area (Å²) < 4.78 is 33.0. The summed E-state index contributed by atoms with van der Waals surface area (Å²) in [5.74, 6) is -2.18. The third-order valence-electron chi connectivity index (χ3n) is 4.82. The van der Waals surface area contributed by atoms with Crippen LogP contribution in [0.4, 0.5) is 0 Å². The van der Waals surface area contributed by atoms with Crippen molar-refractivity contribution in [2.24, 2.45) is 11.8 Å². The molecular weight excluding hydrogens is 363 g/mol. The Labute approximate surface area is 154 Å². The number of ketones is 1. The molecule has 2 aliphatic heterocycles. The van der Waals surface area contributed by atoms with Crippen molar-refractivity contribution < 1.29 is 37.6 Å². The van der Waals surface area contributed by atoms with Crippen LogP contribution < -0.4 is 0 Å². The van der Waals surface area contributed by atoms with Gasteiger partial charge in [0, 0.05) is 6.42 Å². The smallest absolute Gasteiger partial charge is 0.474 e. The van der Waals surface area contributed by atoms with Crippen molar-refractivity contribution in [3.05, 3.63) is 0 Å². The van der Waals surface area contributed by atoms with E-state index >= 15 is 0 Å². The molecule has 0 aromatic carbocycles. The predicted octanol–water partition coefficient (Wildman–Crippen LogP) is 3.19. The lowest BCUT2D eigenvalue weighted by Crippen LogP contribution is -2.38. The SMILES string of the molecule is CCOP(=O)(OCC)OCCCCCC(=O)C1C2CCC(O2)C1C(=O)O. The maximum atomic E-state index is 12.5. The number of carboxylic acids is 1. The van der Waals surface area contributed by atoms with E-state index in [0.717, 1.165) is 12.8 Å². The number of fused-ring (bicyclic) bond motifs is 2. The molecule has 0 saturated carbocycles. The van der Waals surface area contributed by atoms with Crippen LogP contribution in [-0.4, -0.2) is 48.9 Å². The van der Waals surface area contributed by atoms with Gasteiger partial charge in [-0.05, 0) is 39.5 Å². The Bertz CT molecular complexity index is 527. The van der Waals surface area contributed by atoms with Gasteiger partial charge in [-0.1, -0.05) is 6.42 Å². The lowest BCUT2D eigenvalue weighted by Gasteiger charge is -2.23.